The Bertz CT molecular complexity index is 425. The number of aromatic nitrogens is 3. The van der Waals surface area contributed by atoms with Crippen molar-refractivity contribution in [1.82, 2.24) is 20.1 Å². The topological polar surface area (TPSA) is 42.7 Å². The molecule has 2 fully saturated rings. The largest absolute Gasteiger partial charge is 0.316 e. The van der Waals surface area contributed by atoms with Crippen molar-refractivity contribution in [2.24, 2.45) is 0 Å². The number of nitrogens with zero attached hydrogens (tertiary/aromatic N) is 3. The summed E-state index contributed by atoms with van der Waals surface area (Å²) in [7, 11) is 0. The van der Waals surface area contributed by atoms with Gasteiger partial charge in [-0.3, -0.25) is 0 Å². The van der Waals surface area contributed by atoms with Gasteiger partial charge in [-0.15, -0.1) is 10.2 Å². The van der Waals surface area contributed by atoms with Gasteiger partial charge in [-0.1, -0.05) is 26.2 Å². The monoisotopic (exact) mass is 262 g/mol. The van der Waals surface area contributed by atoms with E-state index in [1.54, 1.807) is 0 Å². The molecule has 0 bridgehead atoms. The molecule has 0 amide bonds. The van der Waals surface area contributed by atoms with Crippen LogP contribution in [0.15, 0.2) is 0 Å². The Morgan fingerprint density at radius 2 is 2.11 bits per heavy atom. The van der Waals surface area contributed by atoms with Crippen molar-refractivity contribution in [3.8, 4) is 0 Å². The smallest absolute Gasteiger partial charge is 0.140 e. The second-order valence-corrected chi connectivity index (χ2v) is 6.34. The molecule has 19 heavy (non-hydrogen) atoms. The molecule has 1 N–H and O–H groups in total. The zero-order valence-corrected chi connectivity index (χ0v) is 12.3. The van der Waals surface area contributed by atoms with Crippen LogP contribution in [0, 0.1) is 6.92 Å². The molecule has 2 aliphatic rings. The van der Waals surface area contributed by atoms with Gasteiger partial charge in [-0.25, -0.2) is 0 Å². The lowest BCUT2D eigenvalue weighted by atomic mass is 9.81. The predicted octanol–water partition coefficient (Wildman–Crippen LogP) is 2.73. The van der Waals surface area contributed by atoms with Crippen molar-refractivity contribution in [2.45, 2.75) is 70.3 Å². The van der Waals surface area contributed by atoms with E-state index < -0.39 is 0 Å². The van der Waals surface area contributed by atoms with Gasteiger partial charge in [-0.05, 0) is 39.2 Å². The molecule has 106 valence electrons. The number of hydrogen-bond acceptors (Lipinski definition) is 3. The van der Waals surface area contributed by atoms with Gasteiger partial charge in [0.15, 0.2) is 0 Å². The fourth-order valence-corrected chi connectivity index (χ4v) is 4.07. The van der Waals surface area contributed by atoms with E-state index >= 15 is 0 Å². The van der Waals surface area contributed by atoms with Crippen molar-refractivity contribution in [3.63, 3.8) is 0 Å². The van der Waals surface area contributed by atoms with Gasteiger partial charge in [0, 0.05) is 18.0 Å². The first-order chi connectivity index (χ1) is 9.27. The summed E-state index contributed by atoms with van der Waals surface area (Å²) < 4.78 is 2.48. The van der Waals surface area contributed by atoms with Crippen LogP contribution < -0.4 is 5.32 Å². The molecular weight excluding hydrogens is 236 g/mol. The summed E-state index contributed by atoms with van der Waals surface area (Å²) in [5.74, 6) is 2.38. The highest BCUT2D eigenvalue weighted by Crippen LogP contribution is 2.39. The molecule has 0 radical (unpaired) electrons. The van der Waals surface area contributed by atoms with Gasteiger partial charge in [0.05, 0.1) is 0 Å². The summed E-state index contributed by atoms with van der Waals surface area (Å²) in [6.07, 6.45) is 9.00. The molecule has 4 nitrogen and oxygen atoms in total. The highest BCUT2D eigenvalue weighted by molar-refractivity contribution is 5.16. The molecule has 1 atom stereocenters. The fraction of sp³-hybridized carbons (Fsp3) is 0.867. The molecule has 1 aromatic rings. The van der Waals surface area contributed by atoms with Gasteiger partial charge in [0.2, 0.25) is 0 Å². The predicted molar refractivity (Wildman–Crippen MR) is 76.3 cm³/mol. The maximum absolute atomic E-state index is 4.61. The average molecular weight is 262 g/mol. The first-order valence-electron chi connectivity index (χ1n) is 7.89. The van der Waals surface area contributed by atoms with Crippen LogP contribution >= 0.6 is 0 Å². The number of aryl methyl sites for hydroxylation is 1. The second-order valence-electron chi connectivity index (χ2n) is 6.34. The van der Waals surface area contributed by atoms with E-state index in [4.69, 9.17) is 0 Å². The third-order valence-corrected chi connectivity index (χ3v) is 5.00. The molecule has 1 saturated carbocycles. The molecular formula is C15H26N4. The van der Waals surface area contributed by atoms with Crippen molar-refractivity contribution in [1.29, 1.82) is 0 Å². The Balaban J connectivity index is 1.99. The molecule has 4 heteroatoms. The molecule has 1 aliphatic carbocycles. The van der Waals surface area contributed by atoms with Gasteiger partial charge in [0.25, 0.3) is 0 Å². The minimum atomic E-state index is 0.235. The third-order valence-electron chi connectivity index (χ3n) is 5.00. The standard InChI is InChI=1S/C15H26N4/c1-3-8-15(9-10-16-11-15)14-18-17-12(2)19(14)13-6-4-5-7-13/h13,16H,3-11H2,1-2H3. The lowest BCUT2D eigenvalue weighted by molar-refractivity contribution is 0.359. The molecule has 2 heterocycles. The Labute approximate surface area is 116 Å². The third kappa shape index (κ3) is 2.20. The Morgan fingerprint density at radius 1 is 1.32 bits per heavy atom. The lowest BCUT2D eigenvalue weighted by Crippen LogP contribution is -2.33. The fourth-order valence-electron chi connectivity index (χ4n) is 4.07. The van der Waals surface area contributed by atoms with Crippen LogP contribution in [0.1, 0.15) is 69.6 Å². The highest BCUT2D eigenvalue weighted by Gasteiger charge is 2.40. The van der Waals surface area contributed by atoms with Crippen LogP contribution in [0.5, 0.6) is 0 Å². The van der Waals surface area contributed by atoms with Gasteiger partial charge in [0.1, 0.15) is 11.6 Å². The van der Waals surface area contributed by atoms with Crippen molar-refractivity contribution >= 4 is 0 Å². The van der Waals surface area contributed by atoms with Gasteiger partial charge in [-0.2, -0.15) is 0 Å². The summed E-state index contributed by atoms with van der Waals surface area (Å²) in [6, 6.07) is 0.652. The van der Waals surface area contributed by atoms with E-state index in [1.165, 1.54) is 50.8 Å². The van der Waals surface area contributed by atoms with Crippen LogP contribution in [0.25, 0.3) is 0 Å². The quantitative estimate of drug-likeness (QED) is 0.907. The highest BCUT2D eigenvalue weighted by atomic mass is 15.3. The molecule has 3 rings (SSSR count). The van der Waals surface area contributed by atoms with Crippen LogP contribution in [-0.4, -0.2) is 27.9 Å². The lowest BCUT2D eigenvalue weighted by Gasteiger charge is -2.29. The summed E-state index contributed by atoms with van der Waals surface area (Å²) in [5.41, 5.74) is 0.235. The number of nitrogens with one attached hydrogen (secondary N) is 1. The molecule has 1 unspecified atom stereocenters. The summed E-state index contributed by atoms with van der Waals surface area (Å²) >= 11 is 0. The zero-order chi connectivity index (χ0) is 13.3. The van der Waals surface area contributed by atoms with E-state index in [0.29, 0.717) is 6.04 Å². The average Bonchev–Trinajstić information content (AvgIpc) is 3.08. The molecule has 0 aromatic carbocycles. The van der Waals surface area contributed by atoms with E-state index in [9.17, 15) is 0 Å². The molecule has 0 spiro atoms. The van der Waals surface area contributed by atoms with Crippen LogP contribution in [-0.2, 0) is 5.41 Å². The van der Waals surface area contributed by atoms with E-state index in [1.807, 2.05) is 0 Å². The first kappa shape index (κ1) is 13.1. The Kier molecular flexibility index (Phi) is 3.61. The molecule has 1 aromatic heterocycles. The van der Waals surface area contributed by atoms with Crippen molar-refractivity contribution in [3.05, 3.63) is 11.6 Å². The normalized spacial score (nSPS) is 28.3. The van der Waals surface area contributed by atoms with Crippen molar-refractivity contribution in [2.75, 3.05) is 13.1 Å². The minimum Gasteiger partial charge on any atom is -0.316 e. The number of hydrogen-bond donors (Lipinski definition) is 1. The summed E-state index contributed by atoms with van der Waals surface area (Å²) in [4.78, 5) is 0. The van der Waals surface area contributed by atoms with E-state index in [0.717, 1.165) is 18.9 Å². The Hall–Kier alpha value is -0.900. The Morgan fingerprint density at radius 3 is 2.74 bits per heavy atom. The summed E-state index contributed by atoms with van der Waals surface area (Å²) in [6.45, 7) is 6.60. The molecule has 1 aliphatic heterocycles. The maximum Gasteiger partial charge on any atom is 0.140 e. The zero-order valence-electron chi connectivity index (χ0n) is 12.3. The van der Waals surface area contributed by atoms with Crippen molar-refractivity contribution < 1.29 is 0 Å². The van der Waals surface area contributed by atoms with Crippen LogP contribution in [0.3, 0.4) is 0 Å². The van der Waals surface area contributed by atoms with Gasteiger partial charge < -0.3 is 9.88 Å². The SMILES string of the molecule is CCCC1(c2nnc(C)n2C2CCCC2)CCNC1. The van der Waals surface area contributed by atoms with Crippen LogP contribution in [0.4, 0.5) is 0 Å². The maximum atomic E-state index is 4.61. The molecule has 1 saturated heterocycles. The van der Waals surface area contributed by atoms with Crippen LogP contribution in [0.2, 0.25) is 0 Å². The summed E-state index contributed by atoms with van der Waals surface area (Å²) in [5, 5.41) is 12.6. The second kappa shape index (κ2) is 5.23. The first-order valence-corrected chi connectivity index (χ1v) is 7.89. The van der Waals surface area contributed by atoms with E-state index in [-0.39, 0.29) is 5.41 Å². The van der Waals surface area contributed by atoms with Gasteiger partial charge >= 0.3 is 0 Å². The minimum absolute atomic E-state index is 0.235. The van der Waals surface area contributed by atoms with E-state index in [2.05, 4.69) is 33.9 Å². The number of rotatable bonds is 4.